The summed E-state index contributed by atoms with van der Waals surface area (Å²) in [7, 11) is 0. The molecule has 2 aromatic rings. The van der Waals surface area contributed by atoms with Crippen LogP contribution in [-0.4, -0.2) is 11.7 Å². The molecule has 0 bridgehead atoms. The van der Waals surface area contributed by atoms with Crippen LogP contribution in [0.5, 0.6) is 0 Å². The highest BCUT2D eigenvalue weighted by Crippen LogP contribution is 2.29. The Kier molecular flexibility index (Phi) is 4.91. The van der Waals surface area contributed by atoms with E-state index in [1.54, 1.807) is 18.2 Å². The van der Waals surface area contributed by atoms with Crippen LogP contribution in [0.4, 0.5) is 11.4 Å². The third-order valence-electron chi connectivity index (χ3n) is 4.30. The maximum atomic E-state index is 12.4. The number of anilines is 2. The van der Waals surface area contributed by atoms with Crippen LogP contribution in [0.25, 0.3) is 0 Å². The molecule has 0 spiro atoms. The van der Waals surface area contributed by atoms with Gasteiger partial charge in [-0.05, 0) is 50.6 Å². The maximum Gasteiger partial charge on any atom is 0.255 e. The first kappa shape index (κ1) is 17.2. The van der Waals surface area contributed by atoms with Gasteiger partial charge in [0.15, 0.2) is 5.78 Å². The summed E-state index contributed by atoms with van der Waals surface area (Å²) in [5, 5.41) is 6.49. The molecule has 128 valence electrons. The second-order valence-electron chi connectivity index (χ2n) is 6.17. The van der Waals surface area contributed by atoms with Crippen LogP contribution in [0.3, 0.4) is 0 Å². The number of carbonyl (C=O) groups excluding carboxylic acids is 2. The molecule has 0 saturated carbocycles. The zero-order chi connectivity index (χ0) is 18.0. The standard InChI is InChI=1S/C20H19ClN2O2/c1-12-3-6-15(7-4-12)22-20(25)14-5-8-18(16(21)11-14)23-17-9-10-19(24)13(17)2/h3-8,11,23H,9-10H2,1-2H3,(H,22,25). The fraction of sp³-hybridized carbons (Fsp3) is 0.200. The molecule has 1 aliphatic carbocycles. The Morgan fingerprint density at radius 1 is 1.04 bits per heavy atom. The van der Waals surface area contributed by atoms with Gasteiger partial charge in [0.05, 0.1) is 10.7 Å². The average Bonchev–Trinajstić information content (AvgIpc) is 2.90. The lowest BCUT2D eigenvalue weighted by Crippen LogP contribution is -2.12. The fourth-order valence-corrected chi connectivity index (χ4v) is 2.93. The van der Waals surface area contributed by atoms with Crippen LogP contribution in [-0.2, 0) is 4.79 Å². The Bertz CT molecular complexity index is 870. The van der Waals surface area contributed by atoms with Crippen molar-refractivity contribution in [2.45, 2.75) is 26.7 Å². The molecular formula is C20H19ClN2O2. The van der Waals surface area contributed by atoms with Gasteiger partial charge in [-0.3, -0.25) is 9.59 Å². The quantitative estimate of drug-likeness (QED) is 0.816. The van der Waals surface area contributed by atoms with Gasteiger partial charge in [0.25, 0.3) is 5.91 Å². The zero-order valence-electron chi connectivity index (χ0n) is 14.2. The van der Waals surface area contributed by atoms with Crippen molar-refractivity contribution in [3.05, 3.63) is 69.9 Å². The number of benzene rings is 2. The summed E-state index contributed by atoms with van der Waals surface area (Å²) in [6.45, 7) is 3.81. The Morgan fingerprint density at radius 3 is 2.36 bits per heavy atom. The van der Waals surface area contributed by atoms with Crippen molar-refractivity contribution < 1.29 is 9.59 Å². The van der Waals surface area contributed by atoms with Gasteiger partial charge in [0, 0.05) is 28.9 Å². The van der Waals surface area contributed by atoms with Crippen LogP contribution >= 0.6 is 11.6 Å². The third-order valence-corrected chi connectivity index (χ3v) is 4.61. The van der Waals surface area contributed by atoms with Gasteiger partial charge in [-0.2, -0.15) is 0 Å². The number of nitrogens with one attached hydrogen (secondary N) is 2. The van der Waals surface area contributed by atoms with Crippen LogP contribution in [0.1, 0.15) is 35.7 Å². The number of ketones is 1. The molecule has 0 aliphatic heterocycles. The van der Waals surface area contributed by atoms with E-state index in [9.17, 15) is 9.59 Å². The SMILES string of the molecule is CC1=C(Nc2ccc(C(=O)Nc3ccc(C)cc3)cc2Cl)CCC1=O. The van der Waals surface area contributed by atoms with Gasteiger partial charge in [-0.15, -0.1) is 0 Å². The first-order valence-corrected chi connectivity index (χ1v) is 8.49. The van der Waals surface area contributed by atoms with Gasteiger partial charge in [0.2, 0.25) is 0 Å². The smallest absolute Gasteiger partial charge is 0.255 e. The minimum absolute atomic E-state index is 0.160. The number of carbonyl (C=O) groups is 2. The van der Waals surface area contributed by atoms with E-state index in [4.69, 9.17) is 11.6 Å². The number of Topliss-reactive ketones (excluding diaryl/α,β-unsaturated/α-hetero) is 1. The summed E-state index contributed by atoms with van der Waals surface area (Å²) in [6, 6.07) is 12.7. The summed E-state index contributed by atoms with van der Waals surface area (Å²) >= 11 is 6.31. The second-order valence-corrected chi connectivity index (χ2v) is 6.57. The van der Waals surface area contributed by atoms with E-state index >= 15 is 0 Å². The van der Waals surface area contributed by atoms with Crippen molar-refractivity contribution in [1.82, 2.24) is 0 Å². The summed E-state index contributed by atoms with van der Waals surface area (Å²) in [6.07, 6.45) is 1.22. The van der Waals surface area contributed by atoms with E-state index in [1.807, 2.05) is 38.1 Å². The molecule has 3 rings (SSSR count). The molecule has 5 heteroatoms. The Labute approximate surface area is 151 Å². The predicted molar refractivity (Wildman–Crippen MR) is 101 cm³/mol. The first-order chi connectivity index (χ1) is 11.9. The molecule has 0 unspecified atom stereocenters. The molecule has 0 radical (unpaired) electrons. The van der Waals surface area contributed by atoms with Crippen LogP contribution in [0.15, 0.2) is 53.7 Å². The Morgan fingerprint density at radius 2 is 1.76 bits per heavy atom. The maximum absolute atomic E-state index is 12.4. The molecule has 0 aromatic heterocycles. The lowest BCUT2D eigenvalue weighted by atomic mass is 10.1. The van der Waals surface area contributed by atoms with Gasteiger partial charge in [-0.1, -0.05) is 29.3 Å². The Balaban J connectivity index is 1.74. The van der Waals surface area contributed by atoms with Crippen molar-refractivity contribution in [3.63, 3.8) is 0 Å². The highest BCUT2D eigenvalue weighted by atomic mass is 35.5. The highest BCUT2D eigenvalue weighted by Gasteiger charge is 2.20. The number of amides is 1. The van der Waals surface area contributed by atoms with Gasteiger partial charge in [0.1, 0.15) is 0 Å². The average molecular weight is 355 g/mol. The largest absolute Gasteiger partial charge is 0.357 e. The van der Waals surface area contributed by atoms with Crippen molar-refractivity contribution >= 4 is 34.7 Å². The molecule has 0 atom stereocenters. The molecule has 2 N–H and O–H groups in total. The van der Waals surface area contributed by atoms with Crippen molar-refractivity contribution in [2.75, 3.05) is 10.6 Å². The number of halogens is 1. The number of rotatable bonds is 4. The predicted octanol–water partition coefficient (Wildman–Crippen LogP) is 4.95. The van der Waals surface area contributed by atoms with Crippen LogP contribution < -0.4 is 10.6 Å². The minimum atomic E-state index is -0.219. The lowest BCUT2D eigenvalue weighted by molar-refractivity contribution is -0.114. The minimum Gasteiger partial charge on any atom is -0.357 e. The zero-order valence-corrected chi connectivity index (χ0v) is 14.9. The monoisotopic (exact) mass is 354 g/mol. The van der Waals surface area contributed by atoms with Crippen molar-refractivity contribution in [3.8, 4) is 0 Å². The molecule has 4 nitrogen and oxygen atoms in total. The second kappa shape index (κ2) is 7.11. The summed E-state index contributed by atoms with van der Waals surface area (Å²) < 4.78 is 0. The molecule has 1 aliphatic rings. The topological polar surface area (TPSA) is 58.2 Å². The molecule has 2 aromatic carbocycles. The van der Waals surface area contributed by atoms with Crippen molar-refractivity contribution in [1.29, 1.82) is 0 Å². The summed E-state index contributed by atoms with van der Waals surface area (Å²) in [5.74, 6) is -0.0588. The summed E-state index contributed by atoms with van der Waals surface area (Å²) in [4.78, 5) is 24.0. The lowest BCUT2D eigenvalue weighted by Gasteiger charge is -2.12. The summed E-state index contributed by atoms with van der Waals surface area (Å²) in [5.41, 5.74) is 4.67. The number of hydrogen-bond donors (Lipinski definition) is 2. The first-order valence-electron chi connectivity index (χ1n) is 8.11. The highest BCUT2D eigenvalue weighted by molar-refractivity contribution is 6.33. The van der Waals surface area contributed by atoms with E-state index in [-0.39, 0.29) is 11.7 Å². The molecule has 0 heterocycles. The molecule has 1 amide bonds. The molecule has 0 fully saturated rings. The molecule has 0 saturated heterocycles. The van der Waals surface area contributed by atoms with Crippen LogP contribution in [0, 0.1) is 6.92 Å². The normalized spacial score (nSPS) is 14.0. The van der Waals surface area contributed by atoms with Gasteiger partial charge < -0.3 is 10.6 Å². The number of allylic oxidation sites excluding steroid dienone is 2. The van der Waals surface area contributed by atoms with Gasteiger partial charge >= 0.3 is 0 Å². The van der Waals surface area contributed by atoms with Crippen LogP contribution in [0.2, 0.25) is 5.02 Å². The van der Waals surface area contributed by atoms with Crippen molar-refractivity contribution in [2.24, 2.45) is 0 Å². The molecule has 25 heavy (non-hydrogen) atoms. The van der Waals surface area contributed by atoms with E-state index in [1.165, 1.54) is 0 Å². The number of aryl methyl sites for hydroxylation is 1. The Hall–Kier alpha value is -2.59. The van der Waals surface area contributed by atoms with E-state index in [0.29, 0.717) is 29.1 Å². The number of hydrogen-bond acceptors (Lipinski definition) is 3. The van der Waals surface area contributed by atoms with E-state index < -0.39 is 0 Å². The van der Waals surface area contributed by atoms with E-state index in [0.717, 1.165) is 22.5 Å². The van der Waals surface area contributed by atoms with Gasteiger partial charge in [-0.25, -0.2) is 0 Å². The van der Waals surface area contributed by atoms with E-state index in [2.05, 4.69) is 10.6 Å². The fourth-order valence-electron chi connectivity index (χ4n) is 2.70. The third kappa shape index (κ3) is 3.91. The molecular weight excluding hydrogens is 336 g/mol.